The van der Waals surface area contributed by atoms with E-state index in [-0.39, 0.29) is 18.4 Å². The van der Waals surface area contributed by atoms with Gasteiger partial charge in [-0.3, -0.25) is 9.59 Å². The van der Waals surface area contributed by atoms with Crippen LogP contribution in [0, 0.1) is 0 Å². The van der Waals surface area contributed by atoms with Crippen LogP contribution < -0.4 is 0 Å². The highest BCUT2D eigenvalue weighted by molar-refractivity contribution is 8.02. The van der Waals surface area contributed by atoms with Crippen molar-refractivity contribution in [3.63, 3.8) is 0 Å². The third-order valence-corrected chi connectivity index (χ3v) is 2.20. The molecule has 0 saturated carbocycles. The summed E-state index contributed by atoms with van der Waals surface area (Å²) in [4.78, 5) is 23.5. The molecular weight excluding hydrogens is 190 g/mol. The van der Waals surface area contributed by atoms with Crippen molar-refractivity contribution in [1.82, 2.24) is 4.90 Å². The van der Waals surface area contributed by atoms with E-state index in [2.05, 4.69) is 0 Å². The number of hydrogen-bond acceptors (Lipinski definition) is 4. The second-order valence-corrected chi connectivity index (χ2v) is 3.32. The first-order valence-electron chi connectivity index (χ1n) is 3.97. The van der Waals surface area contributed by atoms with E-state index in [4.69, 9.17) is 4.74 Å². The third-order valence-electron chi connectivity index (χ3n) is 1.47. The average molecular weight is 201 g/mol. The Balaban J connectivity index is 2.43. The van der Waals surface area contributed by atoms with Gasteiger partial charge >= 0.3 is 5.97 Å². The molecule has 0 N–H and O–H groups in total. The van der Waals surface area contributed by atoms with E-state index in [0.29, 0.717) is 12.4 Å². The summed E-state index contributed by atoms with van der Waals surface area (Å²) in [5.41, 5.74) is 0. The highest BCUT2D eigenvalue weighted by Gasteiger charge is 2.17. The molecule has 1 rings (SSSR count). The lowest BCUT2D eigenvalue weighted by molar-refractivity contribution is -0.146. The van der Waals surface area contributed by atoms with Gasteiger partial charge in [0.05, 0.1) is 12.4 Å². The summed E-state index contributed by atoms with van der Waals surface area (Å²) in [6.07, 6.45) is 1.60. The van der Waals surface area contributed by atoms with Crippen molar-refractivity contribution in [1.29, 1.82) is 0 Å². The Labute approximate surface area is 80.9 Å². The average Bonchev–Trinajstić information content (AvgIpc) is 2.09. The topological polar surface area (TPSA) is 46.6 Å². The van der Waals surface area contributed by atoms with Crippen molar-refractivity contribution in [2.75, 3.05) is 18.9 Å². The lowest BCUT2D eigenvalue weighted by Gasteiger charge is -2.19. The Morgan fingerprint density at radius 2 is 2.54 bits per heavy atom. The van der Waals surface area contributed by atoms with Crippen molar-refractivity contribution in [2.45, 2.75) is 6.92 Å². The van der Waals surface area contributed by atoms with E-state index in [1.807, 2.05) is 0 Å². The van der Waals surface area contributed by atoms with E-state index in [1.54, 1.807) is 18.5 Å². The van der Waals surface area contributed by atoms with E-state index >= 15 is 0 Å². The van der Waals surface area contributed by atoms with Gasteiger partial charge in [-0.15, -0.1) is 11.8 Å². The van der Waals surface area contributed by atoms with Gasteiger partial charge in [0.15, 0.2) is 0 Å². The van der Waals surface area contributed by atoms with Crippen LogP contribution in [0.5, 0.6) is 0 Å². The molecular formula is C8H11NO3S. The van der Waals surface area contributed by atoms with Crippen LogP contribution in [0.2, 0.25) is 0 Å². The molecule has 0 unspecified atom stereocenters. The Morgan fingerprint density at radius 1 is 1.77 bits per heavy atom. The van der Waals surface area contributed by atoms with Crippen LogP contribution >= 0.6 is 11.8 Å². The van der Waals surface area contributed by atoms with Gasteiger partial charge in [-0.1, -0.05) is 0 Å². The van der Waals surface area contributed by atoms with Gasteiger partial charge in [0.25, 0.3) is 0 Å². The van der Waals surface area contributed by atoms with Crippen molar-refractivity contribution in [3.05, 3.63) is 11.6 Å². The molecule has 0 atom stereocenters. The van der Waals surface area contributed by atoms with Gasteiger partial charge in [0.2, 0.25) is 5.91 Å². The number of carbonyl (C=O) groups excluding carboxylic acids is 2. The molecule has 0 radical (unpaired) electrons. The first kappa shape index (κ1) is 10.1. The smallest absolute Gasteiger partial charge is 0.326 e. The van der Waals surface area contributed by atoms with Crippen molar-refractivity contribution >= 4 is 23.6 Å². The molecule has 72 valence electrons. The van der Waals surface area contributed by atoms with Gasteiger partial charge < -0.3 is 9.64 Å². The predicted octanol–water partition coefficient (Wildman–Crippen LogP) is 0.596. The van der Waals surface area contributed by atoms with Gasteiger partial charge in [0.1, 0.15) is 6.54 Å². The summed E-state index contributed by atoms with van der Waals surface area (Å²) < 4.78 is 4.72. The minimum atomic E-state index is -0.368. The largest absolute Gasteiger partial charge is 0.465 e. The summed E-state index contributed by atoms with van der Waals surface area (Å²) in [6, 6.07) is 0. The van der Waals surface area contributed by atoms with Crippen LogP contribution in [0.25, 0.3) is 0 Å². The fraction of sp³-hybridized carbons (Fsp3) is 0.500. The summed E-state index contributed by atoms with van der Waals surface area (Å²) in [7, 11) is 0. The third kappa shape index (κ3) is 3.10. The number of rotatable bonds is 3. The number of thioether (sulfide) groups is 1. The lowest BCUT2D eigenvalue weighted by Crippen LogP contribution is -2.34. The quantitative estimate of drug-likeness (QED) is 0.627. The molecule has 0 aliphatic carbocycles. The number of ether oxygens (including phenoxy) is 1. The molecule has 0 aromatic carbocycles. The van der Waals surface area contributed by atoms with Gasteiger partial charge in [-0.2, -0.15) is 0 Å². The van der Waals surface area contributed by atoms with Gasteiger partial charge in [-0.05, 0) is 12.3 Å². The SMILES string of the molecule is CCOC(=O)CN1C=CSCC1=O. The molecule has 0 aromatic heterocycles. The van der Waals surface area contributed by atoms with Crippen molar-refractivity contribution in [3.8, 4) is 0 Å². The normalized spacial score (nSPS) is 16.1. The van der Waals surface area contributed by atoms with Crippen molar-refractivity contribution < 1.29 is 14.3 Å². The molecule has 4 nitrogen and oxygen atoms in total. The fourth-order valence-corrected chi connectivity index (χ4v) is 1.53. The molecule has 5 heteroatoms. The molecule has 0 bridgehead atoms. The highest BCUT2D eigenvalue weighted by atomic mass is 32.2. The molecule has 13 heavy (non-hydrogen) atoms. The van der Waals surface area contributed by atoms with Gasteiger partial charge in [-0.25, -0.2) is 0 Å². The molecule has 1 amide bonds. The second kappa shape index (κ2) is 4.91. The maximum Gasteiger partial charge on any atom is 0.326 e. The summed E-state index contributed by atoms with van der Waals surface area (Å²) in [6.45, 7) is 2.10. The monoisotopic (exact) mass is 201 g/mol. The van der Waals surface area contributed by atoms with Gasteiger partial charge in [0, 0.05) is 6.20 Å². The molecule has 0 saturated heterocycles. The molecule has 1 aliphatic rings. The van der Waals surface area contributed by atoms with E-state index in [1.165, 1.54) is 16.7 Å². The number of nitrogens with zero attached hydrogens (tertiary/aromatic N) is 1. The second-order valence-electron chi connectivity index (χ2n) is 2.42. The zero-order chi connectivity index (χ0) is 9.68. The minimum absolute atomic E-state index is 0.0176. The highest BCUT2D eigenvalue weighted by Crippen LogP contribution is 2.11. The van der Waals surface area contributed by atoms with Crippen LogP contribution in [-0.4, -0.2) is 35.7 Å². The Kier molecular flexibility index (Phi) is 3.82. The first-order valence-corrected chi connectivity index (χ1v) is 5.02. The maximum atomic E-state index is 11.2. The maximum absolute atomic E-state index is 11.2. The van der Waals surface area contributed by atoms with Crippen LogP contribution in [0.3, 0.4) is 0 Å². The number of amides is 1. The van der Waals surface area contributed by atoms with E-state index in [0.717, 1.165) is 0 Å². The van der Waals surface area contributed by atoms with Crippen LogP contribution in [0.15, 0.2) is 11.6 Å². The lowest BCUT2D eigenvalue weighted by atomic mass is 10.5. The fourth-order valence-electron chi connectivity index (χ4n) is 0.889. The Bertz CT molecular complexity index is 240. The Morgan fingerprint density at radius 3 is 3.15 bits per heavy atom. The van der Waals surface area contributed by atoms with Crippen LogP contribution in [0.4, 0.5) is 0 Å². The predicted molar refractivity (Wildman–Crippen MR) is 49.9 cm³/mol. The zero-order valence-corrected chi connectivity index (χ0v) is 8.17. The molecule has 0 aromatic rings. The molecule has 1 aliphatic heterocycles. The van der Waals surface area contributed by atoms with Crippen LogP contribution in [0.1, 0.15) is 6.92 Å². The first-order chi connectivity index (χ1) is 6.24. The van der Waals surface area contributed by atoms with Crippen LogP contribution in [-0.2, 0) is 14.3 Å². The summed E-state index contributed by atoms with van der Waals surface area (Å²) in [5, 5.41) is 1.79. The zero-order valence-electron chi connectivity index (χ0n) is 7.36. The standard InChI is InChI=1S/C8H11NO3S/c1-2-12-8(11)5-9-3-4-13-6-7(9)10/h3-4H,2,5-6H2,1H3. The minimum Gasteiger partial charge on any atom is -0.465 e. The van der Waals surface area contributed by atoms with E-state index in [9.17, 15) is 9.59 Å². The van der Waals surface area contributed by atoms with E-state index < -0.39 is 0 Å². The molecule has 0 spiro atoms. The summed E-state index contributed by atoms with van der Waals surface area (Å²) >= 11 is 1.42. The number of hydrogen-bond donors (Lipinski definition) is 0. The van der Waals surface area contributed by atoms with Crippen molar-refractivity contribution in [2.24, 2.45) is 0 Å². The number of carbonyl (C=O) groups is 2. The molecule has 1 heterocycles. The summed E-state index contributed by atoms with van der Waals surface area (Å²) in [5.74, 6) is -0.0245. The molecule has 0 fully saturated rings. The Hall–Kier alpha value is -0.970. The number of esters is 1.